The zero-order chi connectivity index (χ0) is 14.4. The fourth-order valence-electron chi connectivity index (χ4n) is 2.55. The number of benzene rings is 1. The number of halogens is 1. The van der Waals surface area contributed by atoms with Crippen molar-refractivity contribution >= 4 is 5.91 Å². The van der Waals surface area contributed by atoms with E-state index in [0.29, 0.717) is 5.56 Å². The van der Waals surface area contributed by atoms with Crippen LogP contribution >= 0.6 is 0 Å². The Hall–Kier alpha value is -1.46. The van der Waals surface area contributed by atoms with E-state index in [1.54, 1.807) is 18.2 Å². The molecule has 0 aromatic heterocycles. The predicted molar refractivity (Wildman–Crippen MR) is 74.5 cm³/mol. The molecule has 0 unspecified atom stereocenters. The van der Waals surface area contributed by atoms with Crippen LogP contribution in [0.4, 0.5) is 4.39 Å². The summed E-state index contributed by atoms with van der Waals surface area (Å²) >= 11 is 0. The van der Waals surface area contributed by atoms with Gasteiger partial charge in [-0.15, -0.1) is 0 Å². The quantitative estimate of drug-likeness (QED) is 0.854. The van der Waals surface area contributed by atoms with Gasteiger partial charge in [-0.1, -0.05) is 24.6 Å². The third kappa shape index (κ3) is 4.02. The summed E-state index contributed by atoms with van der Waals surface area (Å²) in [7, 11) is 0. The Morgan fingerprint density at radius 1 is 1.40 bits per heavy atom. The molecule has 1 amide bonds. The van der Waals surface area contributed by atoms with Gasteiger partial charge in [0, 0.05) is 18.2 Å². The zero-order valence-corrected chi connectivity index (χ0v) is 11.5. The standard InChI is InChI=1S/C15H21FN2O2/c16-14-7-2-1-5-12(14)9-17-15(20)10-18-8-4-3-6-13(18)11-19/h1-2,5,7,13,19H,3-4,6,8-11H2,(H,17,20)/t13-/m1/s1. The van der Waals surface area contributed by atoms with Gasteiger partial charge in [-0.3, -0.25) is 9.69 Å². The second-order valence-electron chi connectivity index (χ2n) is 5.17. The molecule has 1 aliphatic rings. The van der Waals surface area contributed by atoms with Gasteiger partial charge in [0.2, 0.25) is 5.91 Å². The summed E-state index contributed by atoms with van der Waals surface area (Å²) in [6, 6.07) is 6.49. The van der Waals surface area contributed by atoms with Crippen LogP contribution in [0.25, 0.3) is 0 Å². The van der Waals surface area contributed by atoms with Gasteiger partial charge in [0.25, 0.3) is 0 Å². The van der Waals surface area contributed by atoms with Crippen LogP contribution in [-0.4, -0.2) is 41.7 Å². The Balaban J connectivity index is 1.82. The molecule has 1 aliphatic heterocycles. The Kier molecular flexibility index (Phi) is 5.49. The number of carbonyl (C=O) groups excluding carboxylic acids is 1. The summed E-state index contributed by atoms with van der Waals surface area (Å²) in [6.45, 7) is 1.38. The first-order chi connectivity index (χ1) is 9.70. The lowest BCUT2D eigenvalue weighted by Gasteiger charge is -2.33. The van der Waals surface area contributed by atoms with Crippen LogP contribution in [0.15, 0.2) is 24.3 Å². The lowest BCUT2D eigenvalue weighted by molar-refractivity contribution is -0.123. The van der Waals surface area contributed by atoms with Gasteiger partial charge in [-0.25, -0.2) is 4.39 Å². The van der Waals surface area contributed by atoms with E-state index in [4.69, 9.17) is 0 Å². The van der Waals surface area contributed by atoms with Gasteiger partial charge >= 0.3 is 0 Å². The number of amides is 1. The molecule has 2 rings (SSSR count). The largest absolute Gasteiger partial charge is 0.395 e. The molecule has 0 saturated carbocycles. The van der Waals surface area contributed by atoms with Crippen molar-refractivity contribution in [2.24, 2.45) is 0 Å². The number of carbonyl (C=O) groups is 1. The first-order valence-electron chi connectivity index (χ1n) is 7.05. The second-order valence-corrected chi connectivity index (χ2v) is 5.17. The highest BCUT2D eigenvalue weighted by atomic mass is 19.1. The number of likely N-dealkylation sites (tertiary alicyclic amines) is 1. The predicted octanol–water partition coefficient (Wildman–Crippen LogP) is 1.29. The van der Waals surface area contributed by atoms with Crippen molar-refractivity contribution in [3.8, 4) is 0 Å². The number of nitrogens with one attached hydrogen (secondary N) is 1. The Labute approximate surface area is 118 Å². The Morgan fingerprint density at radius 3 is 2.95 bits per heavy atom. The van der Waals surface area contributed by atoms with E-state index < -0.39 is 0 Å². The number of aliphatic hydroxyl groups excluding tert-OH is 1. The van der Waals surface area contributed by atoms with Crippen LogP contribution in [0.3, 0.4) is 0 Å². The smallest absolute Gasteiger partial charge is 0.234 e. The SMILES string of the molecule is O=C(CN1CCCC[C@@H]1CO)NCc1ccccc1F. The number of hydrogen-bond acceptors (Lipinski definition) is 3. The first-order valence-corrected chi connectivity index (χ1v) is 7.05. The molecule has 0 spiro atoms. The van der Waals surface area contributed by atoms with Crippen molar-refractivity contribution in [1.82, 2.24) is 10.2 Å². The van der Waals surface area contributed by atoms with Crippen LogP contribution in [0.5, 0.6) is 0 Å². The molecular formula is C15H21FN2O2. The van der Waals surface area contributed by atoms with E-state index in [2.05, 4.69) is 5.32 Å². The number of hydrogen-bond donors (Lipinski definition) is 2. The maximum absolute atomic E-state index is 13.4. The monoisotopic (exact) mass is 280 g/mol. The maximum atomic E-state index is 13.4. The van der Waals surface area contributed by atoms with Crippen LogP contribution in [0, 0.1) is 5.82 Å². The molecule has 20 heavy (non-hydrogen) atoms. The Bertz CT molecular complexity index is 453. The average molecular weight is 280 g/mol. The van der Waals surface area contributed by atoms with E-state index in [9.17, 15) is 14.3 Å². The number of aliphatic hydroxyl groups is 1. The van der Waals surface area contributed by atoms with Gasteiger partial charge in [0.05, 0.1) is 13.2 Å². The van der Waals surface area contributed by atoms with E-state index >= 15 is 0 Å². The summed E-state index contributed by atoms with van der Waals surface area (Å²) in [5.41, 5.74) is 0.484. The molecule has 110 valence electrons. The third-order valence-corrected chi connectivity index (χ3v) is 3.74. The molecule has 1 aromatic rings. The van der Waals surface area contributed by atoms with Crippen LogP contribution in [0.2, 0.25) is 0 Å². The van der Waals surface area contributed by atoms with Crippen molar-refractivity contribution in [1.29, 1.82) is 0 Å². The third-order valence-electron chi connectivity index (χ3n) is 3.74. The molecule has 1 aromatic carbocycles. The van der Waals surface area contributed by atoms with Crippen molar-refractivity contribution in [3.05, 3.63) is 35.6 Å². The van der Waals surface area contributed by atoms with Crippen LogP contribution < -0.4 is 5.32 Å². The summed E-state index contributed by atoms with van der Waals surface area (Å²) in [5, 5.41) is 12.0. The number of rotatable bonds is 5. The average Bonchev–Trinajstić information content (AvgIpc) is 2.47. The minimum atomic E-state index is -0.306. The summed E-state index contributed by atoms with van der Waals surface area (Å²) in [5.74, 6) is -0.437. The van der Waals surface area contributed by atoms with E-state index in [0.717, 1.165) is 25.8 Å². The van der Waals surface area contributed by atoms with Crippen molar-refractivity contribution in [2.45, 2.75) is 31.8 Å². The number of piperidine rings is 1. The molecule has 0 aliphatic carbocycles. The molecule has 4 nitrogen and oxygen atoms in total. The van der Waals surface area contributed by atoms with Crippen LogP contribution in [-0.2, 0) is 11.3 Å². The fourth-order valence-corrected chi connectivity index (χ4v) is 2.55. The van der Waals surface area contributed by atoms with Crippen molar-refractivity contribution < 1.29 is 14.3 Å². The molecule has 0 radical (unpaired) electrons. The lowest BCUT2D eigenvalue weighted by atomic mass is 10.0. The summed E-state index contributed by atoms with van der Waals surface area (Å²) in [6.07, 6.45) is 3.08. The molecule has 0 bridgehead atoms. The highest BCUT2D eigenvalue weighted by Gasteiger charge is 2.23. The van der Waals surface area contributed by atoms with Crippen molar-refractivity contribution in [2.75, 3.05) is 19.7 Å². The van der Waals surface area contributed by atoms with Gasteiger partial charge in [-0.05, 0) is 25.5 Å². The molecule has 5 heteroatoms. The molecule has 1 fully saturated rings. The van der Waals surface area contributed by atoms with E-state index in [1.165, 1.54) is 6.07 Å². The molecule has 1 saturated heterocycles. The summed E-state index contributed by atoms with van der Waals surface area (Å²) < 4.78 is 13.4. The normalized spacial score (nSPS) is 19.8. The van der Waals surface area contributed by atoms with Crippen LogP contribution in [0.1, 0.15) is 24.8 Å². The molecule has 1 heterocycles. The lowest BCUT2D eigenvalue weighted by Crippen LogP contribution is -2.47. The number of nitrogens with zero attached hydrogens (tertiary/aromatic N) is 1. The van der Waals surface area contributed by atoms with Gasteiger partial charge in [-0.2, -0.15) is 0 Å². The second kappa shape index (κ2) is 7.36. The van der Waals surface area contributed by atoms with E-state index in [-0.39, 0.29) is 37.5 Å². The van der Waals surface area contributed by atoms with Crippen molar-refractivity contribution in [3.63, 3.8) is 0 Å². The van der Waals surface area contributed by atoms with E-state index in [1.807, 2.05) is 4.90 Å². The first kappa shape index (κ1) is 14.9. The summed E-state index contributed by atoms with van der Waals surface area (Å²) in [4.78, 5) is 13.9. The van der Waals surface area contributed by atoms with Gasteiger partial charge < -0.3 is 10.4 Å². The fraction of sp³-hybridized carbons (Fsp3) is 0.533. The topological polar surface area (TPSA) is 52.6 Å². The molecular weight excluding hydrogens is 259 g/mol. The van der Waals surface area contributed by atoms with Gasteiger partial charge in [0.1, 0.15) is 5.82 Å². The molecule has 2 N–H and O–H groups in total. The minimum Gasteiger partial charge on any atom is -0.395 e. The maximum Gasteiger partial charge on any atom is 0.234 e. The zero-order valence-electron chi connectivity index (χ0n) is 11.5. The highest BCUT2D eigenvalue weighted by molar-refractivity contribution is 5.78. The Morgan fingerprint density at radius 2 is 2.20 bits per heavy atom. The molecule has 1 atom stereocenters. The minimum absolute atomic E-state index is 0.0722. The van der Waals surface area contributed by atoms with Gasteiger partial charge in [0.15, 0.2) is 0 Å². The highest BCUT2D eigenvalue weighted by Crippen LogP contribution is 2.15.